The van der Waals surface area contributed by atoms with E-state index in [1.54, 1.807) is 12.1 Å². The molecule has 2 rings (SSSR count). The fourth-order valence-electron chi connectivity index (χ4n) is 2.35. The lowest BCUT2D eigenvalue weighted by Crippen LogP contribution is -2.11. The van der Waals surface area contributed by atoms with Gasteiger partial charge < -0.3 is 11.1 Å². The van der Waals surface area contributed by atoms with E-state index in [0.29, 0.717) is 11.3 Å². The first kappa shape index (κ1) is 15.9. The number of thiocarbonyl (C=S) groups is 1. The van der Waals surface area contributed by atoms with E-state index in [2.05, 4.69) is 33.4 Å². The quantitative estimate of drug-likeness (QED) is 0.759. The van der Waals surface area contributed by atoms with Gasteiger partial charge in [-0.25, -0.2) is 4.39 Å². The number of nitrogens with one attached hydrogen (secondary N) is 1. The molecule has 0 fully saturated rings. The van der Waals surface area contributed by atoms with Gasteiger partial charge in [-0.05, 0) is 60.0 Å². The van der Waals surface area contributed by atoms with E-state index in [0.717, 1.165) is 16.8 Å². The summed E-state index contributed by atoms with van der Waals surface area (Å²) in [6, 6.07) is 7.47. The Morgan fingerprint density at radius 3 is 2.29 bits per heavy atom. The zero-order valence-corrected chi connectivity index (χ0v) is 14.5. The standard InChI is InChI=1S/C16H16BrFN2S/c1-8-6-9(2)15(10(3)7-8)20-12-5-4-11(16(19)21)13(17)14(12)18/h4-7,20H,1-3H3,(H2,19,21). The van der Waals surface area contributed by atoms with Crippen molar-refractivity contribution in [2.75, 3.05) is 5.32 Å². The maximum atomic E-state index is 14.4. The molecular formula is C16H16BrFN2S. The fraction of sp³-hybridized carbons (Fsp3) is 0.188. The lowest BCUT2D eigenvalue weighted by molar-refractivity contribution is 0.625. The van der Waals surface area contributed by atoms with E-state index in [1.807, 2.05) is 20.8 Å². The first-order valence-electron chi connectivity index (χ1n) is 6.44. The van der Waals surface area contributed by atoms with E-state index in [4.69, 9.17) is 18.0 Å². The van der Waals surface area contributed by atoms with Crippen LogP contribution >= 0.6 is 28.1 Å². The minimum absolute atomic E-state index is 0.162. The first-order chi connectivity index (χ1) is 9.81. The molecule has 0 radical (unpaired) electrons. The van der Waals surface area contributed by atoms with Crippen LogP contribution in [-0.4, -0.2) is 4.99 Å². The summed E-state index contributed by atoms with van der Waals surface area (Å²) in [6.07, 6.45) is 0. The van der Waals surface area contributed by atoms with Gasteiger partial charge >= 0.3 is 0 Å². The third-order valence-electron chi connectivity index (χ3n) is 3.28. The summed E-state index contributed by atoms with van der Waals surface area (Å²) in [6.45, 7) is 6.04. The molecule has 110 valence electrons. The Morgan fingerprint density at radius 1 is 1.19 bits per heavy atom. The van der Waals surface area contributed by atoms with Crippen molar-refractivity contribution < 1.29 is 4.39 Å². The molecule has 0 aliphatic heterocycles. The second-order valence-corrected chi connectivity index (χ2v) is 6.28. The van der Waals surface area contributed by atoms with Gasteiger partial charge in [0.1, 0.15) is 4.99 Å². The second kappa shape index (κ2) is 6.12. The number of aryl methyl sites for hydroxylation is 3. The third kappa shape index (κ3) is 3.24. The minimum Gasteiger partial charge on any atom is -0.389 e. The van der Waals surface area contributed by atoms with Crippen LogP contribution in [0.3, 0.4) is 0 Å². The van der Waals surface area contributed by atoms with Crippen LogP contribution < -0.4 is 11.1 Å². The average Bonchev–Trinajstić information content (AvgIpc) is 2.38. The molecule has 2 nitrogen and oxygen atoms in total. The fourth-order valence-corrected chi connectivity index (χ4v) is 3.21. The van der Waals surface area contributed by atoms with Crippen molar-refractivity contribution in [3.05, 3.63) is 56.8 Å². The Bertz CT molecular complexity index is 705. The molecule has 0 aromatic heterocycles. The molecule has 0 spiro atoms. The van der Waals surface area contributed by atoms with Crippen molar-refractivity contribution in [1.29, 1.82) is 0 Å². The Hall–Kier alpha value is -1.46. The molecule has 0 aliphatic rings. The predicted octanol–water partition coefficient (Wildman–Crippen LogP) is 4.89. The number of halogens is 2. The van der Waals surface area contributed by atoms with Crippen molar-refractivity contribution in [2.24, 2.45) is 5.73 Å². The molecule has 2 aromatic carbocycles. The number of rotatable bonds is 3. The lowest BCUT2D eigenvalue weighted by atomic mass is 10.0. The monoisotopic (exact) mass is 366 g/mol. The Labute approximate surface area is 137 Å². The van der Waals surface area contributed by atoms with Crippen molar-refractivity contribution in [2.45, 2.75) is 20.8 Å². The van der Waals surface area contributed by atoms with Crippen molar-refractivity contribution >= 4 is 44.5 Å². The summed E-state index contributed by atoms with van der Waals surface area (Å²) < 4.78 is 14.7. The molecule has 0 atom stereocenters. The van der Waals surface area contributed by atoms with Crippen molar-refractivity contribution in [3.63, 3.8) is 0 Å². The summed E-state index contributed by atoms with van der Waals surface area (Å²) in [4.78, 5) is 0.162. The van der Waals surface area contributed by atoms with Crippen LogP contribution in [0.5, 0.6) is 0 Å². The summed E-state index contributed by atoms with van der Waals surface area (Å²) in [7, 11) is 0. The molecule has 0 bridgehead atoms. The van der Waals surface area contributed by atoms with E-state index >= 15 is 0 Å². The molecule has 0 saturated heterocycles. The van der Waals surface area contributed by atoms with E-state index in [9.17, 15) is 4.39 Å². The Morgan fingerprint density at radius 2 is 1.76 bits per heavy atom. The molecule has 0 unspecified atom stereocenters. The number of nitrogens with two attached hydrogens (primary N) is 1. The summed E-state index contributed by atoms with van der Waals surface area (Å²) >= 11 is 8.11. The average molecular weight is 367 g/mol. The Balaban J connectivity index is 2.46. The van der Waals surface area contributed by atoms with Crippen LogP contribution in [-0.2, 0) is 0 Å². The van der Waals surface area contributed by atoms with Crippen LogP contribution in [0.25, 0.3) is 0 Å². The maximum absolute atomic E-state index is 14.4. The van der Waals surface area contributed by atoms with Crippen LogP contribution in [0.15, 0.2) is 28.7 Å². The molecule has 3 N–H and O–H groups in total. The molecule has 0 saturated carbocycles. The van der Waals surface area contributed by atoms with Gasteiger partial charge in [0, 0.05) is 11.3 Å². The Kier molecular flexibility index (Phi) is 4.64. The largest absolute Gasteiger partial charge is 0.389 e. The molecule has 5 heteroatoms. The van der Waals surface area contributed by atoms with Crippen LogP contribution in [0, 0.1) is 26.6 Å². The smallest absolute Gasteiger partial charge is 0.161 e. The van der Waals surface area contributed by atoms with Gasteiger partial charge in [0.25, 0.3) is 0 Å². The van der Waals surface area contributed by atoms with Crippen molar-refractivity contribution in [3.8, 4) is 0 Å². The number of hydrogen-bond acceptors (Lipinski definition) is 2. The highest BCUT2D eigenvalue weighted by Gasteiger charge is 2.14. The molecule has 0 heterocycles. The van der Waals surface area contributed by atoms with Crippen LogP contribution in [0.4, 0.5) is 15.8 Å². The highest BCUT2D eigenvalue weighted by atomic mass is 79.9. The van der Waals surface area contributed by atoms with Gasteiger partial charge in [0.05, 0.1) is 10.2 Å². The number of benzene rings is 2. The second-order valence-electron chi connectivity index (χ2n) is 5.05. The summed E-state index contributed by atoms with van der Waals surface area (Å²) in [5.74, 6) is -0.403. The van der Waals surface area contributed by atoms with E-state index in [1.165, 1.54) is 5.56 Å². The molecule has 2 aromatic rings. The summed E-state index contributed by atoms with van der Waals surface area (Å²) in [5.41, 5.74) is 10.7. The van der Waals surface area contributed by atoms with Gasteiger partial charge in [0.2, 0.25) is 0 Å². The number of hydrogen-bond donors (Lipinski definition) is 2. The van der Waals surface area contributed by atoms with Crippen LogP contribution in [0.1, 0.15) is 22.3 Å². The highest BCUT2D eigenvalue weighted by Crippen LogP contribution is 2.31. The minimum atomic E-state index is -0.403. The van der Waals surface area contributed by atoms with Gasteiger partial charge in [-0.2, -0.15) is 0 Å². The van der Waals surface area contributed by atoms with Gasteiger partial charge in [-0.3, -0.25) is 0 Å². The summed E-state index contributed by atoms with van der Waals surface area (Å²) in [5, 5.41) is 3.15. The number of anilines is 2. The SMILES string of the molecule is Cc1cc(C)c(Nc2ccc(C(N)=S)c(Br)c2F)c(C)c1. The zero-order valence-electron chi connectivity index (χ0n) is 12.1. The molecule has 0 amide bonds. The van der Waals surface area contributed by atoms with Crippen LogP contribution in [0.2, 0.25) is 0 Å². The van der Waals surface area contributed by atoms with E-state index in [-0.39, 0.29) is 9.46 Å². The van der Waals surface area contributed by atoms with E-state index < -0.39 is 5.82 Å². The van der Waals surface area contributed by atoms with Gasteiger partial charge in [-0.15, -0.1) is 0 Å². The normalized spacial score (nSPS) is 10.5. The predicted molar refractivity (Wildman–Crippen MR) is 93.9 cm³/mol. The highest BCUT2D eigenvalue weighted by molar-refractivity contribution is 9.10. The topological polar surface area (TPSA) is 38.0 Å². The first-order valence-corrected chi connectivity index (χ1v) is 7.64. The van der Waals surface area contributed by atoms with Crippen molar-refractivity contribution in [1.82, 2.24) is 0 Å². The molecule has 21 heavy (non-hydrogen) atoms. The maximum Gasteiger partial charge on any atom is 0.161 e. The van der Waals surface area contributed by atoms with Gasteiger partial charge in [-0.1, -0.05) is 29.9 Å². The molecule has 0 aliphatic carbocycles. The molecular weight excluding hydrogens is 351 g/mol. The zero-order chi connectivity index (χ0) is 15.7. The third-order valence-corrected chi connectivity index (χ3v) is 4.28. The lowest BCUT2D eigenvalue weighted by Gasteiger charge is -2.16. The van der Waals surface area contributed by atoms with Gasteiger partial charge in [0.15, 0.2) is 5.82 Å².